The zero-order valence-corrected chi connectivity index (χ0v) is 15.0. The summed E-state index contributed by atoms with van der Waals surface area (Å²) in [6.07, 6.45) is 1.07. The van der Waals surface area contributed by atoms with E-state index in [9.17, 15) is 0 Å². The number of ether oxygens (including phenoxy) is 1. The Morgan fingerprint density at radius 1 is 0.955 bits per heavy atom. The summed E-state index contributed by atoms with van der Waals surface area (Å²) in [5.41, 5.74) is 2.52. The van der Waals surface area contributed by atoms with Gasteiger partial charge >= 0.3 is 0 Å². The molecule has 0 radical (unpaired) electrons. The molecule has 2 nitrogen and oxygen atoms in total. The van der Waals surface area contributed by atoms with Gasteiger partial charge in [-0.15, -0.1) is 0 Å². The number of rotatable bonds is 8. The molecule has 0 aliphatic heterocycles. The first-order valence-corrected chi connectivity index (χ1v) is 8.69. The highest BCUT2D eigenvalue weighted by Gasteiger charge is 2.05. The Bertz CT molecular complexity index is 567. The van der Waals surface area contributed by atoms with Crippen molar-refractivity contribution >= 4 is 15.9 Å². The van der Waals surface area contributed by atoms with E-state index in [1.54, 1.807) is 0 Å². The molecular formula is C19H24BrNO. The molecule has 0 aromatic heterocycles. The largest absolute Gasteiger partial charge is 0.488 e. The van der Waals surface area contributed by atoms with E-state index in [-0.39, 0.29) is 0 Å². The van der Waals surface area contributed by atoms with Crippen LogP contribution in [0.25, 0.3) is 0 Å². The SMILES string of the molecule is CCN(CC)CCc1ccc(OCc2ccccc2)c(Br)c1. The lowest BCUT2D eigenvalue weighted by Crippen LogP contribution is -2.25. The normalized spacial score (nSPS) is 10.9. The van der Waals surface area contributed by atoms with Gasteiger partial charge in [0.1, 0.15) is 12.4 Å². The summed E-state index contributed by atoms with van der Waals surface area (Å²) in [4.78, 5) is 2.44. The van der Waals surface area contributed by atoms with Crippen LogP contribution in [0.15, 0.2) is 53.0 Å². The summed E-state index contributed by atoms with van der Waals surface area (Å²) in [6.45, 7) is 8.33. The van der Waals surface area contributed by atoms with Crippen LogP contribution in [0.2, 0.25) is 0 Å². The average Bonchev–Trinajstić information content (AvgIpc) is 2.56. The standard InChI is InChI=1S/C19H24BrNO/c1-3-21(4-2)13-12-16-10-11-19(18(20)14-16)22-15-17-8-6-5-7-9-17/h5-11,14H,3-4,12-13,15H2,1-2H3. The van der Waals surface area contributed by atoms with E-state index in [1.165, 1.54) is 11.1 Å². The zero-order chi connectivity index (χ0) is 15.8. The second kappa shape index (κ2) is 8.96. The number of halogens is 1. The first kappa shape index (κ1) is 17.0. The summed E-state index contributed by atoms with van der Waals surface area (Å²) in [7, 11) is 0. The number of nitrogens with zero attached hydrogens (tertiary/aromatic N) is 1. The fourth-order valence-corrected chi connectivity index (χ4v) is 2.92. The molecule has 0 aliphatic carbocycles. The summed E-state index contributed by atoms with van der Waals surface area (Å²) in [6, 6.07) is 16.6. The molecule has 2 rings (SSSR count). The van der Waals surface area contributed by atoms with Gasteiger partial charge in [-0.1, -0.05) is 50.2 Å². The van der Waals surface area contributed by atoms with Crippen molar-refractivity contribution in [2.45, 2.75) is 26.9 Å². The molecule has 0 aliphatic rings. The fourth-order valence-electron chi connectivity index (χ4n) is 2.38. The molecule has 3 heteroatoms. The van der Waals surface area contributed by atoms with Gasteiger partial charge in [-0.3, -0.25) is 0 Å². The van der Waals surface area contributed by atoms with Crippen molar-refractivity contribution in [3.63, 3.8) is 0 Å². The van der Waals surface area contributed by atoms with E-state index in [4.69, 9.17) is 4.74 Å². The van der Waals surface area contributed by atoms with Crippen molar-refractivity contribution in [3.05, 3.63) is 64.1 Å². The van der Waals surface area contributed by atoms with Gasteiger partial charge in [-0.2, -0.15) is 0 Å². The monoisotopic (exact) mass is 361 g/mol. The van der Waals surface area contributed by atoms with Crippen LogP contribution < -0.4 is 4.74 Å². The van der Waals surface area contributed by atoms with Crippen LogP contribution in [0, 0.1) is 0 Å². The minimum atomic E-state index is 0.595. The smallest absolute Gasteiger partial charge is 0.134 e. The highest BCUT2D eigenvalue weighted by molar-refractivity contribution is 9.10. The Morgan fingerprint density at radius 2 is 1.68 bits per heavy atom. The van der Waals surface area contributed by atoms with Crippen molar-refractivity contribution in [2.75, 3.05) is 19.6 Å². The van der Waals surface area contributed by atoms with Gasteiger partial charge in [0.15, 0.2) is 0 Å². The molecule has 0 N–H and O–H groups in total. The molecule has 0 spiro atoms. The second-order valence-electron chi connectivity index (χ2n) is 5.32. The van der Waals surface area contributed by atoms with Crippen LogP contribution in [0.5, 0.6) is 5.75 Å². The minimum Gasteiger partial charge on any atom is -0.488 e. The van der Waals surface area contributed by atoms with E-state index < -0.39 is 0 Å². The van der Waals surface area contributed by atoms with Crippen LogP contribution >= 0.6 is 15.9 Å². The summed E-state index contributed by atoms with van der Waals surface area (Å²) in [5.74, 6) is 0.899. The number of hydrogen-bond acceptors (Lipinski definition) is 2. The molecule has 2 aromatic carbocycles. The van der Waals surface area contributed by atoms with Gasteiger partial charge < -0.3 is 9.64 Å². The zero-order valence-electron chi connectivity index (χ0n) is 13.4. The molecule has 0 heterocycles. The molecule has 0 saturated carbocycles. The fraction of sp³-hybridized carbons (Fsp3) is 0.368. The quantitative estimate of drug-likeness (QED) is 0.661. The van der Waals surface area contributed by atoms with Crippen LogP contribution in [-0.4, -0.2) is 24.5 Å². The second-order valence-corrected chi connectivity index (χ2v) is 6.17. The van der Waals surface area contributed by atoms with Gasteiger partial charge in [0, 0.05) is 6.54 Å². The van der Waals surface area contributed by atoms with Gasteiger partial charge in [-0.25, -0.2) is 0 Å². The molecule has 22 heavy (non-hydrogen) atoms. The molecule has 2 aromatic rings. The van der Waals surface area contributed by atoms with Crippen molar-refractivity contribution in [2.24, 2.45) is 0 Å². The van der Waals surface area contributed by atoms with E-state index in [1.807, 2.05) is 18.2 Å². The summed E-state index contributed by atoms with van der Waals surface area (Å²) < 4.78 is 6.92. The van der Waals surface area contributed by atoms with Crippen molar-refractivity contribution < 1.29 is 4.74 Å². The maximum atomic E-state index is 5.89. The molecule has 0 saturated heterocycles. The predicted molar refractivity (Wildman–Crippen MR) is 96.4 cm³/mol. The topological polar surface area (TPSA) is 12.5 Å². The van der Waals surface area contributed by atoms with Crippen LogP contribution in [-0.2, 0) is 13.0 Å². The maximum absolute atomic E-state index is 5.89. The molecule has 118 valence electrons. The van der Waals surface area contributed by atoms with Gasteiger partial charge in [-0.05, 0) is 58.7 Å². The Labute approximate surface area is 142 Å². The van der Waals surface area contributed by atoms with Gasteiger partial charge in [0.05, 0.1) is 4.47 Å². The predicted octanol–water partition coefficient (Wildman–Crippen LogP) is 4.91. The molecule has 0 unspecified atom stereocenters. The molecule has 0 fully saturated rings. The third-order valence-corrected chi connectivity index (χ3v) is 4.46. The lowest BCUT2D eigenvalue weighted by Gasteiger charge is -2.18. The summed E-state index contributed by atoms with van der Waals surface area (Å²) in [5, 5.41) is 0. The van der Waals surface area contributed by atoms with Gasteiger partial charge in [0.25, 0.3) is 0 Å². The highest BCUT2D eigenvalue weighted by atomic mass is 79.9. The number of benzene rings is 2. The van der Waals surface area contributed by atoms with E-state index >= 15 is 0 Å². The van der Waals surface area contributed by atoms with E-state index in [2.05, 4.69) is 65.0 Å². The lowest BCUT2D eigenvalue weighted by molar-refractivity contribution is 0.303. The van der Waals surface area contributed by atoms with Crippen LogP contribution in [0.3, 0.4) is 0 Å². The Balaban J connectivity index is 1.92. The first-order valence-electron chi connectivity index (χ1n) is 7.90. The maximum Gasteiger partial charge on any atom is 0.134 e. The Morgan fingerprint density at radius 3 is 2.32 bits per heavy atom. The Kier molecular flexibility index (Phi) is 6.94. The van der Waals surface area contributed by atoms with Crippen molar-refractivity contribution in [1.29, 1.82) is 0 Å². The first-order chi connectivity index (χ1) is 10.7. The highest BCUT2D eigenvalue weighted by Crippen LogP contribution is 2.27. The molecule has 0 bridgehead atoms. The van der Waals surface area contributed by atoms with Gasteiger partial charge in [0.2, 0.25) is 0 Å². The third kappa shape index (κ3) is 5.15. The third-order valence-electron chi connectivity index (χ3n) is 3.84. The van der Waals surface area contributed by atoms with Crippen LogP contribution in [0.4, 0.5) is 0 Å². The van der Waals surface area contributed by atoms with Crippen molar-refractivity contribution in [1.82, 2.24) is 4.90 Å². The van der Waals surface area contributed by atoms with E-state index in [0.717, 1.165) is 36.3 Å². The van der Waals surface area contributed by atoms with Crippen molar-refractivity contribution in [3.8, 4) is 5.75 Å². The minimum absolute atomic E-state index is 0.595. The number of hydrogen-bond donors (Lipinski definition) is 0. The summed E-state index contributed by atoms with van der Waals surface area (Å²) >= 11 is 3.62. The molecule has 0 atom stereocenters. The van der Waals surface area contributed by atoms with Crippen LogP contribution in [0.1, 0.15) is 25.0 Å². The average molecular weight is 362 g/mol. The van der Waals surface area contributed by atoms with E-state index in [0.29, 0.717) is 6.61 Å². The molecule has 0 amide bonds. The number of likely N-dealkylation sites (N-methyl/N-ethyl adjacent to an activating group) is 1. The lowest BCUT2D eigenvalue weighted by atomic mass is 10.1. The molecular weight excluding hydrogens is 338 g/mol. The Hall–Kier alpha value is -1.32.